The van der Waals surface area contributed by atoms with Crippen LogP contribution in [0.1, 0.15) is 21.7 Å². The van der Waals surface area contributed by atoms with E-state index in [1.54, 1.807) is 42.5 Å². The number of halogens is 1. The molecular weight excluding hydrogens is 458 g/mol. The first kappa shape index (κ1) is 22.5. The summed E-state index contributed by atoms with van der Waals surface area (Å²) in [5, 5.41) is 10.2. The number of hydrogen-bond acceptors (Lipinski definition) is 4. The van der Waals surface area contributed by atoms with Crippen molar-refractivity contribution in [2.45, 2.75) is 13.3 Å². The van der Waals surface area contributed by atoms with Crippen molar-refractivity contribution >= 4 is 63.1 Å². The van der Waals surface area contributed by atoms with E-state index in [1.165, 1.54) is 0 Å². The Labute approximate surface area is 200 Å². The van der Waals surface area contributed by atoms with Gasteiger partial charge < -0.3 is 20.4 Å². The number of carbonyl (C=O) groups excluding carboxylic acids is 2. The van der Waals surface area contributed by atoms with Crippen LogP contribution in [0.15, 0.2) is 77.2 Å². The second-order valence-electron chi connectivity index (χ2n) is 7.44. The van der Waals surface area contributed by atoms with Gasteiger partial charge >= 0.3 is 0 Å². The van der Waals surface area contributed by atoms with Crippen LogP contribution in [0, 0.1) is 6.92 Å². The number of rotatable bonds is 5. The molecule has 0 aliphatic carbocycles. The fraction of sp³-hybridized carbons (Fsp3) is 0.0800. The van der Waals surface area contributed by atoms with Crippen molar-refractivity contribution in [2.24, 2.45) is 0 Å². The SMILES string of the molecule is Cc1cc(NC(=S)NC(=O)Cc2ccc(Cl)cc2)ccc1NC(=O)c1cc2ccccc2o1. The second-order valence-corrected chi connectivity index (χ2v) is 8.28. The standard InChI is InChI=1S/C25H20ClN3O3S/c1-15-12-19(27-25(33)29-23(30)13-16-6-8-18(26)9-7-16)10-11-20(15)28-24(31)22-14-17-4-2-3-5-21(17)32-22/h2-12,14H,13H2,1H3,(H,28,31)(H2,27,29,30,33). The molecule has 4 rings (SSSR count). The number of nitrogens with one attached hydrogen (secondary N) is 3. The zero-order chi connectivity index (χ0) is 23.4. The Morgan fingerprint density at radius 3 is 2.45 bits per heavy atom. The third-order valence-electron chi connectivity index (χ3n) is 4.91. The van der Waals surface area contributed by atoms with E-state index in [-0.39, 0.29) is 29.1 Å². The van der Waals surface area contributed by atoms with Crippen molar-refractivity contribution in [3.63, 3.8) is 0 Å². The number of carbonyl (C=O) groups is 2. The zero-order valence-corrected chi connectivity index (χ0v) is 19.2. The van der Waals surface area contributed by atoms with Gasteiger partial charge in [0.05, 0.1) is 6.42 Å². The highest BCUT2D eigenvalue weighted by atomic mass is 35.5. The zero-order valence-electron chi connectivity index (χ0n) is 17.6. The summed E-state index contributed by atoms with van der Waals surface area (Å²) in [7, 11) is 0. The molecule has 0 saturated carbocycles. The Kier molecular flexibility index (Phi) is 6.72. The van der Waals surface area contributed by atoms with Gasteiger partial charge in [0.15, 0.2) is 10.9 Å². The number of amides is 2. The molecule has 3 N–H and O–H groups in total. The fourth-order valence-corrected chi connectivity index (χ4v) is 3.64. The van der Waals surface area contributed by atoms with Gasteiger partial charge in [0.1, 0.15) is 5.58 Å². The van der Waals surface area contributed by atoms with E-state index in [1.807, 2.05) is 37.3 Å². The van der Waals surface area contributed by atoms with Gasteiger partial charge in [0.25, 0.3) is 5.91 Å². The average molecular weight is 478 g/mol. The predicted octanol–water partition coefficient (Wildman–Crippen LogP) is 5.70. The van der Waals surface area contributed by atoms with Crippen LogP contribution in [-0.2, 0) is 11.2 Å². The van der Waals surface area contributed by atoms with Crippen LogP contribution in [0.5, 0.6) is 0 Å². The van der Waals surface area contributed by atoms with Gasteiger partial charge in [-0.25, -0.2) is 0 Å². The van der Waals surface area contributed by atoms with E-state index >= 15 is 0 Å². The molecule has 0 bridgehead atoms. The normalized spacial score (nSPS) is 10.6. The molecule has 0 saturated heterocycles. The summed E-state index contributed by atoms with van der Waals surface area (Å²) in [4.78, 5) is 24.8. The van der Waals surface area contributed by atoms with Gasteiger partial charge in [-0.05, 0) is 72.7 Å². The van der Waals surface area contributed by atoms with Gasteiger partial charge in [-0.15, -0.1) is 0 Å². The topological polar surface area (TPSA) is 83.4 Å². The molecule has 4 aromatic rings. The number of fused-ring (bicyclic) bond motifs is 1. The number of thiocarbonyl (C=S) groups is 1. The first-order valence-corrected chi connectivity index (χ1v) is 10.9. The van der Waals surface area contributed by atoms with Crippen LogP contribution in [0.2, 0.25) is 5.02 Å². The smallest absolute Gasteiger partial charge is 0.291 e. The average Bonchev–Trinajstić information content (AvgIpc) is 3.21. The molecule has 0 aliphatic rings. The van der Waals surface area contributed by atoms with Crippen LogP contribution < -0.4 is 16.0 Å². The molecule has 0 spiro atoms. The molecule has 6 nitrogen and oxygen atoms in total. The van der Waals surface area contributed by atoms with Crippen LogP contribution in [0.4, 0.5) is 11.4 Å². The Balaban J connectivity index is 1.34. The maximum absolute atomic E-state index is 12.6. The summed E-state index contributed by atoms with van der Waals surface area (Å²) in [6.07, 6.45) is 0.185. The van der Waals surface area contributed by atoms with E-state index in [0.717, 1.165) is 16.5 Å². The van der Waals surface area contributed by atoms with Crippen molar-refractivity contribution in [2.75, 3.05) is 10.6 Å². The highest BCUT2D eigenvalue weighted by Gasteiger charge is 2.14. The molecule has 1 aromatic heterocycles. The molecule has 0 atom stereocenters. The van der Waals surface area contributed by atoms with Crippen LogP contribution in [0.25, 0.3) is 11.0 Å². The maximum atomic E-state index is 12.6. The number of hydrogen-bond donors (Lipinski definition) is 3. The molecule has 166 valence electrons. The number of aryl methyl sites for hydroxylation is 1. The summed E-state index contributed by atoms with van der Waals surface area (Å²) < 4.78 is 5.62. The molecular formula is C25H20ClN3O3S. The molecule has 8 heteroatoms. The molecule has 1 heterocycles. The lowest BCUT2D eigenvalue weighted by Gasteiger charge is -2.12. The molecule has 0 radical (unpaired) electrons. The third-order valence-corrected chi connectivity index (χ3v) is 5.37. The Morgan fingerprint density at radius 1 is 0.970 bits per heavy atom. The van der Waals surface area contributed by atoms with E-state index in [9.17, 15) is 9.59 Å². The Hall–Kier alpha value is -3.68. The van der Waals surface area contributed by atoms with Crippen LogP contribution in [0.3, 0.4) is 0 Å². The van der Waals surface area contributed by atoms with E-state index < -0.39 is 0 Å². The minimum Gasteiger partial charge on any atom is -0.451 e. The van der Waals surface area contributed by atoms with Crippen LogP contribution in [-0.4, -0.2) is 16.9 Å². The van der Waals surface area contributed by atoms with E-state index in [0.29, 0.717) is 22.0 Å². The minimum absolute atomic E-state index is 0.185. The number of para-hydroxylation sites is 1. The molecule has 2 amide bonds. The largest absolute Gasteiger partial charge is 0.451 e. The highest BCUT2D eigenvalue weighted by molar-refractivity contribution is 7.80. The van der Waals surface area contributed by atoms with Crippen molar-refractivity contribution < 1.29 is 14.0 Å². The van der Waals surface area contributed by atoms with Crippen molar-refractivity contribution in [3.05, 3.63) is 94.7 Å². The van der Waals surface area contributed by atoms with Crippen molar-refractivity contribution in [3.8, 4) is 0 Å². The quantitative estimate of drug-likeness (QED) is 0.321. The molecule has 0 fully saturated rings. The summed E-state index contributed by atoms with van der Waals surface area (Å²) >= 11 is 11.1. The lowest BCUT2D eigenvalue weighted by molar-refractivity contribution is -0.119. The minimum atomic E-state index is -0.333. The predicted molar refractivity (Wildman–Crippen MR) is 135 cm³/mol. The van der Waals surface area contributed by atoms with E-state index in [4.69, 9.17) is 28.2 Å². The monoisotopic (exact) mass is 477 g/mol. The summed E-state index contributed by atoms with van der Waals surface area (Å²) in [6.45, 7) is 1.86. The summed E-state index contributed by atoms with van der Waals surface area (Å²) in [5.74, 6) is -0.330. The van der Waals surface area contributed by atoms with Crippen molar-refractivity contribution in [1.82, 2.24) is 5.32 Å². The third kappa shape index (κ3) is 5.77. The molecule has 0 unspecified atom stereocenters. The van der Waals surface area contributed by atoms with Gasteiger partial charge in [0, 0.05) is 21.8 Å². The first-order valence-electron chi connectivity index (χ1n) is 10.1. The lowest BCUT2D eigenvalue weighted by atomic mass is 10.1. The van der Waals surface area contributed by atoms with Gasteiger partial charge in [0.2, 0.25) is 5.91 Å². The fourth-order valence-electron chi connectivity index (χ4n) is 3.28. The van der Waals surface area contributed by atoms with Gasteiger partial charge in [-0.2, -0.15) is 0 Å². The summed E-state index contributed by atoms with van der Waals surface area (Å²) in [6, 6.07) is 21.6. The van der Waals surface area contributed by atoms with Crippen molar-refractivity contribution in [1.29, 1.82) is 0 Å². The van der Waals surface area contributed by atoms with Gasteiger partial charge in [-0.1, -0.05) is 41.9 Å². The molecule has 33 heavy (non-hydrogen) atoms. The summed E-state index contributed by atoms with van der Waals surface area (Å²) in [5.41, 5.74) is 3.64. The number of furan rings is 1. The van der Waals surface area contributed by atoms with E-state index in [2.05, 4.69) is 16.0 Å². The Bertz CT molecular complexity index is 1320. The number of benzene rings is 3. The first-order chi connectivity index (χ1) is 15.9. The number of anilines is 2. The molecule has 0 aliphatic heterocycles. The molecule has 3 aromatic carbocycles. The van der Waals surface area contributed by atoms with Crippen LogP contribution >= 0.6 is 23.8 Å². The highest BCUT2D eigenvalue weighted by Crippen LogP contribution is 2.23. The lowest BCUT2D eigenvalue weighted by Crippen LogP contribution is -2.35. The second kappa shape index (κ2) is 9.85. The Morgan fingerprint density at radius 2 is 1.73 bits per heavy atom. The maximum Gasteiger partial charge on any atom is 0.291 e. The van der Waals surface area contributed by atoms with Gasteiger partial charge in [-0.3, -0.25) is 9.59 Å².